The average molecular weight is 223 g/mol. The SMILES string of the molecule is N#Cc1c(N)sc2c1CCN(C(=O)O)C2. The van der Waals surface area contributed by atoms with Gasteiger partial charge in [0.25, 0.3) is 0 Å². The zero-order chi connectivity index (χ0) is 11.0. The quantitative estimate of drug-likeness (QED) is 0.692. The third-order valence-electron chi connectivity index (χ3n) is 2.47. The van der Waals surface area contributed by atoms with Crippen LogP contribution in [0.5, 0.6) is 0 Å². The van der Waals surface area contributed by atoms with E-state index in [2.05, 4.69) is 6.07 Å². The summed E-state index contributed by atoms with van der Waals surface area (Å²) in [5.74, 6) is 0. The van der Waals surface area contributed by atoms with E-state index in [-0.39, 0.29) is 0 Å². The smallest absolute Gasteiger partial charge is 0.407 e. The van der Waals surface area contributed by atoms with Gasteiger partial charge < -0.3 is 15.7 Å². The molecule has 0 radical (unpaired) electrons. The van der Waals surface area contributed by atoms with Gasteiger partial charge in [-0.2, -0.15) is 5.26 Å². The number of rotatable bonds is 0. The predicted octanol–water partition coefficient (Wildman–Crippen LogP) is 1.24. The fraction of sp³-hybridized carbons (Fsp3) is 0.333. The van der Waals surface area contributed by atoms with Crippen molar-refractivity contribution < 1.29 is 9.90 Å². The van der Waals surface area contributed by atoms with Crippen molar-refractivity contribution in [2.45, 2.75) is 13.0 Å². The van der Waals surface area contributed by atoms with Gasteiger partial charge in [0.1, 0.15) is 11.1 Å². The fourth-order valence-electron chi connectivity index (χ4n) is 1.71. The van der Waals surface area contributed by atoms with Crippen molar-refractivity contribution in [3.05, 3.63) is 16.0 Å². The minimum atomic E-state index is -0.925. The number of thiophene rings is 1. The molecule has 3 N–H and O–H groups in total. The summed E-state index contributed by atoms with van der Waals surface area (Å²) >= 11 is 1.31. The average Bonchev–Trinajstić information content (AvgIpc) is 2.51. The third-order valence-corrected chi connectivity index (χ3v) is 3.51. The van der Waals surface area contributed by atoms with E-state index in [1.54, 1.807) is 0 Å². The van der Waals surface area contributed by atoms with Crippen molar-refractivity contribution in [2.75, 3.05) is 12.3 Å². The number of amides is 1. The molecule has 2 rings (SSSR count). The van der Waals surface area contributed by atoms with Crippen molar-refractivity contribution in [2.24, 2.45) is 0 Å². The first-order valence-electron chi connectivity index (χ1n) is 4.41. The second kappa shape index (κ2) is 3.44. The number of anilines is 1. The lowest BCUT2D eigenvalue weighted by molar-refractivity contribution is 0.140. The minimum absolute atomic E-state index is 0.348. The van der Waals surface area contributed by atoms with Gasteiger partial charge in [0, 0.05) is 11.4 Å². The lowest BCUT2D eigenvalue weighted by Crippen LogP contribution is -2.34. The summed E-state index contributed by atoms with van der Waals surface area (Å²) in [6.45, 7) is 0.786. The summed E-state index contributed by atoms with van der Waals surface area (Å²) in [4.78, 5) is 13.0. The Bertz CT molecular complexity index is 461. The molecule has 1 aromatic rings. The maximum absolute atomic E-state index is 10.8. The molecule has 0 saturated heterocycles. The van der Waals surface area contributed by atoms with Gasteiger partial charge in [-0.3, -0.25) is 0 Å². The molecule has 1 aliphatic heterocycles. The predicted molar refractivity (Wildman–Crippen MR) is 55.6 cm³/mol. The molecule has 0 bridgehead atoms. The van der Waals surface area contributed by atoms with Crippen LogP contribution in [-0.4, -0.2) is 22.6 Å². The van der Waals surface area contributed by atoms with Crippen LogP contribution in [0.1, 0.15) is 16.0 Å². The monoisotopic (exact) mass is 223 g/mol. The molecule has 6 heteroatoms. The van der Waals surface area contributed by atoms with Crippen LogP contribution < -0.4 is 5.73 Å². The van der Waals surface area contributed by atoms with Crippen LogP contribution in [0.15, 0.2) is 0 Å². The van der Waals surface area contributed by atoms with Crippen molar-refractivity contribution in [3.63, 3.8) is 0 Å². The number of fused-ring (bicyclic) bond motifs is 1. The zero-order valence-corrected chi connectivity index (χ0v) is 8.67. The number of carbonyl (C=O) groups is 1. The van der Waals surface area contributed by atoms with Crippen LogP contribution in [0, 0.1) is 11.3 Å². The van der Waals surface area contributed by atoms with E-state index in [0.29, 0.717) is 30.1 Å². The van der Waals surface area contributed by atoms with E-state index in [0.717, 1.165) is 10.4 Å². The van der Waals surface area contributed by atoms with Crippen LogP contribution >= 0.6 is 11.3 Å². The molecule has 0 spiro atoms. The molecular formula is C9H9N3O2S. The van der Waals surface area contributed by atoms with E-state index in [1.807, 2.05) is 0 Å². The van der Waals surface area contributed by atoms with E-state index < -0.39 is 6.09 Å². The molecule has 0 unspecified atom stereocenters. The molecule has 15 heavy (non-hydrogen) atoms. The number of hydrogen-bond donors (Lipinski definition) is 2. The Hall–Kier alpha value is -1.74. The van der Waals surface area contributed by atoms with Gasteiger partial charge in [-0.15, -0.1) is 11.3 Å². The molecule has 1 amide bonds. The lowest BCUT2D eigenvalue weighted by atomic mass is 10.0. The van der Waals surface area contributed by atoms with Gasteiger partial charge in [-0.25, -0.2) is 4.79 Å². The topological polar surface area (TPSA) is 90.4 Å². The molecule has 2 heterocycles. The first-order chi connectivity index (χ1) is 7.13. The van der Waals surface area contributed by atoms with Crippen LogP contribution in [0.3, 0.4) is 0 Å². The van der Waals surface area contributed by atoms with Crippen molar-refractivity contribution in [1.29, 1.82) is 5.26 Å². The van der Waals surface area contributed by atoms with Crippen LogP contribution in [-0.2, 0) is 13.0 Å². The summed E-state index contributed by atoms with van der Waals surface area (Å²) in [5, 5.41) is 18.2. The van der Waals surface area contributed by atoms with Crippen molar-refractivity contribution >= 4 is 22.4 Å². The molecule has 5 nitrogen and oxygen atoms in total. The first kappa shape index (κ1) is 9.80. The second-order valence-electron chi connectivity index (χ2n) is 3.31. The molecule has 0 aliphatic carbocycles. The third kappa shape index (κ3) is 1.51. The normalized spacial score (nSPS) is 14.5. The fourth-order valence-corrected chi connectivity index (χ4v) is 2.79. The number of hydrogen-bond acceptors (Lipinski definition) is 4. The molecule has 0 atom stereocenters. The minimum Gasteiger partial charge on any atom is -0.465 e. The number of nitrogen functional groups attached to an aromatic ring is 1. The summed E-state index contributed by atoms with van der Waals surface area (Å²) in [5.41, 5.74) is 7.14. The first-order valence-corrected chi connectivity index (χ1v) is 5.23. The number of nitrogens with two attached hydrogens (primary N) is 1. The Labute approximate surface area is 90.3 Å². The Morgan fingerprint density at radius 3 is 3.00 bits per heavy atom. The molecule has 0 saturated carbocycles. The van der Waals surface area contributed by atoms with Crippen molar-refractivity contribution in [3.8, 4) is 6.07 Å². The zero-order valence-electron chi connectivity index (χ0n) is 7.86. The Morgan fingerprint density at radius 2 is 2.40 bits per heavy atom. The summed E-state index contributed by atoms with van der Waals surface area (Å²) in [6.07, 6.45) is -0.343. The Morgan fingerprint density at radius 1 is 1.67 bits per heavy atom. The summed E-state index contributed by atoms with van der Waals surface area (Å²) in [6, 6.07) is 2.07. The second-order valence-corrected chi connectivity index (χ2v) is 4.45. The maximum atomic E-state index is 10.8. The highest BCUT2D eigenvalue weighted by atomic mass is 32.1. The standard InChI is InChI=1S/C9H9N3O2S/c10-3-6-5-1-2-12(9(13)14)4-7(5)15-8(6)11/h1-2,4,11H2,(H,13,14). The van der Waals surface area contributed by atoms with Crippen molar-refractivity contribution in [1.82, 2.24) is 4.90 Å². The number of nitrogens with zero attached hydrogens (tertiary/aromatic N) is 2. The highest BCUT2D eigenvalue weighted by molar-refractivity contribution is 7.16. The van der Waals surface area contributed by atoms with Gasteiger partial charge in [-0.05, 0) is 12.0 Å². The highest BCUT2D eigenvalue weighted by Gasteiger charge is 2.25. The summed E-state index contributed by atoms with van der Waals surface area (Å²) < 4.78 is 0. The van der Waals surface area contributed by atoms with Gasteiger partial charge in [0.15, 0.2) is 0 Å². The molecular weight excluding hydrogens is 214 g/mol. The molecule has 78 valence electrons. The number of carboxylic acid groups (broad SMARTS) is 1. The molecule has 0 fully saturated rings. The lowest BCUT2D eigenvalue weighted by Gasteiger charge is -2.23. The van der Waals surface area contributed by atoms with Gasteiger partial charge in [-0.1, -0.05) is 0 Å². The van der Waals surface area contributed by atoms with Gasteiger partial charge in [0.2, 0.25) is 0 Å². The van der Waals surface area contributed by atoms with Crippen LogP contribution in [0.4, 0.5) is 9.80 Å². The molecule has 1 aliphatic rings. The van der Waals surface area contributed by atoms with Crippen LogP contribution in [0.25, 0.3) is 0 Å². The van der Waals surface area contributed by atoms with E-state index in [1.165, 1.54) is 16.2 Å². The van der Waals surface area contributed by atoms with E-state index >= 15 is 0 Å². The number of nitriles is 1. The van der Waals surface area contributed by atoms with Gasteiger partial charge in [0.05, 0.1) is 12.1 Å². The highest BCUT2D eigenvalue weighted by Crippen LogP contribution is 2.34. The Kier molecular flexibility index (Phi) is 2.25. The van der Waals surface area contributed by atoms with E-state index in [9.17, 15) is 4.79 Å². The van der Waals surface area contributed by atoms with Crippen LogP contribution in [0.2, 0.25) is 0 Å². The maximum Gasteiger partial charge on any atom is 0.407 e. The largest absolute Gasteiger partial charge is 0.465 e. The van der Waals surface area contributed by atoms with E-state index in [4.69, 9.17) is 16.1 Å². The summed E-state index contributed by atoms with van der Waals surface area (Å²) in [7, 11) is 0. The molecule has 0 aromatic carbocycles. The van der Waals surface area contributed by atoms with Gasteiger partial charge >= 0.3 is 6.09 Å². The molecule has 1 aromatic heterocycles. The Balaban J connectivity index is 2.37.